The number of ether oxygens (including phenoxy) is 1. The fraction of sp³-hybridized carbons (Fsp3) is 0.364. The highest BCUT2D eigenvalue weighted by molar-refractivity contribution is 7.10. The van der Waals surface area contributed by atoms with Crippen molar-refractivity contribution in [3.63, 3.8) is 0 Å². The number of anilines is 1. The fourth-order valence-electron chi connectivity index (χ4n) is 3.90. The molecule has 2 N–H and O–H groups in total. The predicted molar refractivity (Wildman–Crippen MR) is 117 cm³/mol. The van der Waals surface area contributed by atoms with Gasteiger partial charge in [0, 0.05) is 49.0 Å². The normalized spacial score (nSPS) is 19.7. The number of esters is 1. The van der Waals surface area contributed by atoms with Gasteiger partial charge in [0.05, 0.1) is 18.2 Å². The standard InChI is InChI=1S/C22H25FN4O3S/c1-2-30-21(28)19-17(24-22(29)25-20(19)18-4-3-13-31-18)14-26-9-11-27(12-10-26)16-7-5-15(23)6-8-16/h3-8,13,20H,2,9-12,14H2,1H3,(H2,24,25,29). The fourth-order valence-corrected chi connectivity index (χ4v) is 4.69. The largest absolute Gasteiger partial charge is 0.463 e. The van der Waals surface area contributed by atoms with Gasteiger partial charge in [-0.25, -0.2) is 14.0 Å². The van der Waals surface area contributed by atoms with Crippen molar-refractivity contribution in [1.29, 1.82) is 0 Å². The van der Waals surface area contributed by atoms with Gasteiger partial charge in [-0.2, -0.15) is 0 Å². The first kappa shape index (κ1) is 21.3. The minimum atomic E-state index is -0.525. The molecule has 2 aliphatic rings. The number of halogens is 1. The van der Waals surface area contributed by atoms with Crippen molar-refractivity contribution in [2.75, 3.05) is 44.2 Å². The van der Waals surface area contributed by atoms with Crippen molar-refractivity contribution in [3.05, 3.63) is 63.7 Å². The van der Waals surface area contributed by atoms with E-state index < -0.39 is 12.0 Å². The highest BCUT2D eigenvalue weighted by Crippen LogP contribution is 2.31. The Bertz CT molecular complexity index is 954. The first-order valence-corrected chi connectivity index (χ1v) is 11.2. The Morgan fingerprint density at radius 1 is 1.19 bits per heavy atom. The number of carbonyl (C=O) groups excluding carboxylic acids is 2. The summed E-state index contributed by atoms with van der Waals surface area (Å²) in [7, 11) is 0. The summed E-state index contributed by atoms with van der Waals surface area (Å²) < 4.78 is 18.5. The van der Waals surface area contributed by atoms with Gasteiger partial charge >= 0.3 is 12.0 Å². The SMILES string of the molecule is CCOC(=O)C1=C(CN2CCN(c3ccc(F)cc3)CC2)NC(=O)NC1c1cccs1. The molecule has 0 bridgehead atoms. The van der Waals surface area contributed by atoms with E-state index in [0.29, 0.717) is 17.8 Å². The van der Waals surface area contributed by atoms with Crippen LogP contribution in [0.3, 0.4) is 0 Å². The summed E-state index contributed by atoms with van der Waals surface area (Å²) in [5.74, 6) is -0.670. The molecule has 1 fully saturated rings. The van der Waals surface area contributed by atoms with E-state index in [9.17, 15) is 14.0 Å². The van der Waals surface area contributed by atoms with Gasteiger partial charge in [0.1, 0.15) is 5.82 Å². The van der Waals surface area contributed by atoms with E-state index in [1.807, 2.05) is 17.5 Å². The number of carbonyl (C=O) groups is 2. The summed E-state index contributed by atoms with van der Waals surface area (Å²) >= 11 is 1.49. The number of thiophene rings is 1. The van der Waals surface area contributed by atoms with Crippen LogP contribution in [-0.4, -0.2) is 56.2 Å². The van der Waals surface area contributed by atoms with Crippen LogP contribution in [0.2, 0.25) is 0 Å². The van der Waals surface area contributed by atoms with Gasteiger partial charge in [-0.05, 0) is 42.6 Å². The third kappa shape index (κ3) is 4.88. The summed E-state index contributed by atoms with van der Waals surface area (Å²) in [6.45, 7) is 5.52. The summed E-state index contributed by atoms with van der Waals surface area (Å²) in [5, 5.41) is 7.60. The number of amides is 2. The lowest BCUT2D eigenvalue weighted by Crippen LogP contribution is -2.51. The van der Waals surface area contributed by atoms with E-state index in [1.165, 1.54) is 23.5 Å². The molecule has 3 heterocycles. The maximum atomic E-state index is 13.2. The van der Waals surface area contributed by atoms with Crippen molar-refractivity contribution in [1.82, 2.24) is 15.5 Å². The summed E-state index contributed by atoms with van der Waals surface area (Å²) in [6, 6.07) is 9.44. The molecule has 1 atom stereocenters. The Morgan fingerprint density at radius 2 is 1.94 bits per heavy atom. The molecule has 1 aromatic carbocycles. The average Bonchev–Trinajstić information content (AvgIpc) is 3.29. The zero-order valence-electron chi connectivity index (χ0n) is 17.3. The quantitative estimate of drug-likeness (QED) is 0.671. The molecule has 1 saturated heterocycles. The maximum Gasteiger partial charge on any atom is 0.338 e. The molecule has 164 valence electrons. The second kappa shape index (κ2) is 9.49. The van der Waals surface area contributed by atoms with Crippen molar-refractivity contribution in [2.45, 2.75) is 13.0 Å². The number of hydrogen-bond donors (Lipinski definition) is 2. The van der Waals surface area contributed by atoms with Crippen LogP contribution >= 0.6 is 11.3 Å². The molecule has 2 aliphatic heterocycles. The van der Waals surface area contributed by atoms with Gasteiger partial charge in [0.2, 0.25) is 0 Å². The van der Waals surface area contributed by atoms with Gasteiger partial charge in [0.25, 0.3) is 0 Å². The Hall–Kier alpha value is -2.91. The van der Waals surface area contributed by atoms with Crippen LogP contribution in [0.1, 0.15) is 17.8 Å². The van der Waals surface area contributed by atoms with Crippen LogP contribution in [0.15, 0.2) is 53.0 Å². The second-order valence-corrected chi connectivity index (χ2v) is 8.38. The molecule has 1 aromatic heterocycles. The van der Waals surface area contributed by atoms with Crippen molar-refractivity contribution < 1.29 is 18.7 Å². The van der Waals surface area contributed by atoms with Gasteiger partial charge < -0.3 is 20.3 Å². The number of hydrogen-bond acceptors (Lipinski definition) is 6. The maximum absolute atomic E-state index is 13.2. The van der Waals surface area contributed by atoms with Gasteiger partial charge in [-0.1, -0.05) is 6.07 Å². The molecule has 31 heavy (non-hydrogen) atoms. The zero-order valence-corrected chi connectivity index (χ0v) is 18.1. The third-order valence-electron chi connectivity index (χ3n) is 5.42. The van der Waals surface area contributed by atoms with Gasteiger partial charge in [-0.3, -0.25) is 4.90 Å². The Morgan fingerprint density at radius 3 is 2.58 bits per heavy atom. The van der Waals surface area contributed by atoms with Crippen molar-refractivity contribution in [2.24, 2.45) is 0 Å². The van der Waals surface area contributed by atoms with Crippen LogP contribution in [-0.2, 0) is 9.53 Å². The van der Waals surface area contributed by atoms with Crippen LogP contribution < -0.4 is 15.5 Å². The van der Waals surface area contributed by atoms with Crippen molar-refractivity contribution >= 4 is 29.0 Å². The molecule has 0 radical (unpaired) electrons. The van der Waals surface area contributed by atoms with E-state index in [-0.39, 0.29) is 18.5 Å². The van der Waals surface area contributed by atoms with E-state index >= 15 is 0 Å². The molecule has 4 rings (SSSR count). The Labute approximate surface area is 184 Å². The van der Waals surface area contributed by atoms with Crippen LogP contribution in [0.4, 0.5) is 14.9 Å². The minimum absolute atomic E-state index is 0.247. The Balaban J connectivity index is 1.51. The average molecular weight is 445 g/mol. The number of benzene rings is 1. The molecule has 1 unspecified atom stereocenters. The molecule has 7 nitrogen and oxygen atoms in total. The number of rotatable bonds is 6. The highest BCUT2D eigenvalue weighted by atomic mass is 32.1. The number of nitrogens with one attached hydrogen (secondary N) is 2. The third-order valence-corrected chi connectivity index (χ3v) is 6.36. The zero-order chi connectivity index (χ0) is 21.8. The van der Waals surface area contributed by atoms with E-state index in [2.05, 4.69) is 20.4 Å². The predicted octanol–water partition coefficient (Wildman–Crippen LogP) is 2.88. The highest BCUT2D eigenvalue weighted by Gasteiger charge is 2.35. The van der Waals surface area contributed by atoms with E-state index in [0.717, 1.165) is 36.7 Å². The lowest BCUT2D eigenvalue weighted by atomic mass is 10.0. The molecular weight excluding hydrogens is 419 g/mol. The number of nitrogens with zero attached hydrogens (tertiary/aromatic N) is 2. The lowest BCUT2D eigenvalue weighted by Gasteiger charge is -2.37. The first-order chi connectivity index (χ1) is 15.0. The van der Waals surface area contributed by atoms with E-state index in [1.54, 1.807) is 19.1 Å². The van der Waals surface area contributed by atoms with Crippen molar-refractivity contribution in [3.8, 4) is 0 Å². The number of urea groups is 1. The van der Waals surface area contributed by atoms with Gasteiger partial charge in [-0.15, -0.1) is 11.3 Å². The summed E-state index contributed by atoms with van der Waals surface area (Å²) in [6.07, 6.45) is 0. The lowest BCUT2D eigenvalue weighted by molar-refractivity contribution is -0.139. The molecular formula is C22H25FN4O3S. The van der Waals surface area contributed by atoms with Gasteiger partial charge in [0.15, 0.2) is 0 Å². The smallest absolute Gasteiger partial charge is 0.338 e. The summed E-state index contributed by atoms with van der Waals surface area (Å²) in [4.78, 5) is 30.4. The number of piperazine rings is 1. The molecule has 9 heteroatoms. The minimum Gasteiger partial charge on any atom is -0.463 e. The molecule has 2 aromatic rings. The van der Waals surface area contributed by atoms with Crippen LogP contribution in [0, 0.1) is 5.82 Å². The Kier molecular flexibility index (Phi) is 6.53. The summed E-state index contributed by atoms with van der Waals surface area (Å²) in [5.41, 5.74) is 2.01. The molecule has 0 spiro atoms. The molecule has 0 aliphatic carbocycles. The second-order valence-electron chi connectivity index (χ2n) is 7.40. The first-order valence-electron chi connectivity index (χ1n) is 10.3. The molecule has 2 amide bonds. The van der Waals surface area contributed by atoms with Crippen LogP contribution in [0.25, 0.3) is 0 Å². The van der Waals surface area contributed by atoms with Crippen LogP contribution in [0.5, 0.6) is 0 Å². The monoisotopic (exact) mass is 444 g/mol. The molecule has 0 saturated carbocycles. The van der Waals surface area contributed by atoms with E-state index in [4.69, 9.17) is 4.74 Å². The topological polar surface area (TPSA) is 73.9 Å².